The molecule has 2 aromatic carbocycles. The average Bonchev–Trinajstić information content (AvgIpc) is 2.80. The smallest absolute Gasteiger partial charge is 0.247 e. The largest absolute Gasteiger partial charge is 0.508 e. The van der Waals surface area contributed by atoms with Crippen LogP contribution in [0.3, 0.4) is 0 Å². The molecular weight excluding hydrogens is 427 g/mol. The van der Waals surface area contributed by atoms with Gasteiger partial charge in [0.05, 0.1) is 6.61 Å². The van der Waals surface area contributed by atoms with Crippen LogP contribution in [0.25, 0.3) is 0 Å². The number of amides is 1. The minimum Gasteiger partial charge on any atom is -0.508 e. The fraction of sp³-hybridized carbons (Fsp3) is 0.217. The van der Waals surface area contributed by atoms with Crippen molar-refractivity contribution in [3.8, 4) is 17.7 Å². The minimum atomic E-state index is -0.903. The molecule has 3 rings (SSSR count). The lowest BCUT2D eigenvalue weighted by Crippen LogP contribution is -2.37. The molecule has 0 bridgehead atoms. The summed E-state index contributed by atoms with van der Waals surface area (Å²) in [5, 5.41) is 24.9. The van der Waals surface area contributed by atoms with Crippen LogP contribution >= 0.6 is 0 Å². The third-order valence-corrected chi connectivity index (χ3v) is 4.64. The molecule has 1 heterocycles. The van der Waals surface area contributed by atoms with Crippen molar-refractivity contribution >= 4 is 23.4 Å². The molecule has 1 atom stereocenters. The van der Waals surface area contributed by atoms with Gasteiger partial charge in [0, 0.05) is 12.1 Å². The summed E-state index contributed by atoms with van der Waals surface area (Å²) < 4.78 is 18.4. The maximum atomic E-state index is 13.2. The number of ether oxygens (including phenoxy) is 1. The molecule has 1 amide bonds. The number of hydrogen-bond acceptors (Lipinski definition) is 8. The van der Waals surface area contributed by atoms with Gasteiger partial charge in [-0.2, -0.15) is 15.2 Å². The molecule has 0 aliphatic rings. The summed E-state index contributed by atoms with van der Waals surface area (Å²) in [6, 6.07) is 13.9. The molecule has 170 valence electrons. The lowest BCUT2D eigenvalue weighted by atomic mass is 10.0. The first-order valence-electron chi connectivity index (χ1n) is 10.1. The molecule has 0 aliphatic heterocycles. The number of anilines is 3. The van der Waals surface area contributed by atoms with E-state index in [1.807, 2.05) is 6.07 Å². The zero-order valence-electron chi connectivity index (χ0n) is 17.9. The number of alkyl halides is 1. The third kappa shape index (κ3) is 6.07. The number of nitriles is 1. The topological polar surface area (TPSA) is 146 Å². The average molecular weight is 450 g/mol. The summed E-state index contributed by atoms with van der Waals surface area (Å²) in [6.45, 7) is 1.33. The molecular formula is C23H23FN6O3. The molecule has 0 spiro atoms. The number of nitrogens with zero attached hydrogens (tertiary/aromatic N) is 3. The second-order valence-corrected chi connectivity index (χ2v) is 7.05. The van der Waals surface area contributed by atoms with Crippen molar-refractivity contribution < 1.29 is 19.0 Å². The van der Waals surface area contributed by atoms with Crippen LogP contribution in [0.15, 0.2) is 48.5 Å². The van der Waals surface area contributed by atoms with Gasteiger partial charge in [0.25, 0.3) is 0 Å². The van der Waals surface area contributed by atoms with E-state index in [1.54, 1.807) is 37.3 Å². The van der Waals surface area contributed by atoms with Crippen LogP contribution in [-0.2, 0) is 17.9 Å². The van der Waals surface area contributed by atoms with Gasteiger partial charge in [-0.05, 0) is 42.3 Å². The van der Waals surface area contributed by atoms with Gasteiger partial charge >= 0.3 is 0 Å². The number of nitrogen functional groups attached to an aromatic ring is 1. The molecule has 1 aromatic heterocycles. The summed E-state index contributed by atoms with van der Waals surface area (Å²) in [4.78, 5) is 21.2. The van der Waals surface area contributed by atoms with Crippen molar-refractivity contribution in [2.24, 2.45) is 0 Å². The Bertz CT molecular complexity index is 1160. The number of aromatic hydroxyl groups is 1. The van der Waals surface area contributed by atoms with Crippen molar-refractivity contribution in [3.63, 3.8) is 0 Å². The number of benzene rings is 2. The first-order valence-corrected chi connectivity index (χ1v) is 10.1. The first kappa shape index (κ1) is 23.3. The zero-order chi connectivity index (χ0) is 23.8. The number of nitrogens with two attached hydrogens (primary N) is 1. The van der Waals surface area contributed by atoms with Crippen LogP contribution in [-0.4, -0.2) is 33.6 Å². The van der Waals surface area contributed by atoms with Crippen LogP contribution in [0.1, 0.15) is 23.6 Å². The van der Waals surface area contributed by atoms with Gasteiger partial charge in [0.1, 0.15) is 24.5 Å². The van der Waals surface area contributed by atoms with Gasteiger partial charge in [-0.3, -0.25) is 4.79 Å². The van der Waals surface area contributed by atoms with Crippen LogP contribution in [0.4, 0.5) is 21.8 Å². The summed E-state index contributed by atoms with van der Waals surface area (Å²) in [6.07, 6.45) is 0.188. The second-order valence-electron chi connectivity index (χ2n) is 7.05. The number of aromatic nitrogens is 2. The van der Waals surface area contributed by atoms with Crippen molar-refractivity contribution in [1.29, 1.82) is 5.26 Å². The Balaban J connectivity index is 1.94. The van der Waals surface area contributed by atoms with Crippen LogP contribution in [0.2, 0.25) is 0 Å². The molecule has 0 saturated heterocycles. The predicted molar refractivity (Wildman–Crippen MR) is 121 cm³/mol. The Labute approximate surface area is 190 Å². The SMILES string of the molecule is CCOc1nc(N)nc(N[C@@H](Cc2ccc(O)cc2)C(=O)Nc2cccc(CF)c2)c1C#N. The maximum absolute atomic E-state index is 13.2. The Morgan fingerprint density at radius 3 is 2.67 bits per heavy atom. The molecule has 0 unspecified atom stereocenters. The maximum Gasteiger partial charge on any atom is 0.247 e. The molecule has 0 aliphatic carbocycles. The molecule has 9 nitrogen and oxygen atoms in total. The Hall–Kier alpha value is -4.39. The molecule has 3 aromatic rings. The number of halogens is 1. The molecule has 0 saturated carbocycles. The van der Waals surface area contributed by atoms with E-state index in [0.717, 1.165) is 5.56 Å². The normalized spacial score (nSPS) is 11.3. The van der Waals surface area contributed by atoms with Crippen molar-refractivity contribution in [2.45, 2.75) is 26.1 Å². The third-order valence-electron chi connectivity index (χ3n) is 4.64. The van der Waals surface area contributed by atoms with Gasteiger partial charge in [-0.1, -0.05) is 24.3 Å². The van der Waals surface area contributed by atoms with Gasteiger partial charge in [0.15, 0.2) is 11.4 Å². The number of carbonyl (C=O) groups is 1. The minimum absolute atomic E-state index is 0.00832. The van der Waals surface area contributed by atoms with Gasteiger partial charge < -0.3 is 26.2 Å². The predicted octanol–water partition coefficient (Wildman–Crippen LogP) is 3.17. The first-order chi connectivity index (χ1) is 15.9. The number of hydrogen-bond donors (Lipinski definition) is 4. The highest BCUT2D eigenvalue weighted by atomic mass is 19.1. The molecule has 33 heavy (non-hydrogen) atoms. The molecule has 5 N–H and O–H groups in total. The summed E-state index contributed by atoms with van der Waals surface area (Å²) in [7, 11) is 0. The van der Waals surface area contributed by atoms with Gasteiger partial charge in [0.2, 0.25) is 17.7 Å². The molecule has 0 radical (unpaired) electrons. The van der Waals surface area contributed by atoms with Crippen LogP contribution in [0, 0.1) is 11.3 Å². The number of nitrogens with one attached hydrogen (secondary N) is 2. The van der Waals surface area contributed by atoms with Crippen LogP contribution in [0.5, 0.6) is 11.6 Å². The van der Waals surface area contributed by atoms with E-state index in [0.29, 0.717) is 11.3 Å². The lowest BCUT2D eigenvalue weighted by molar-refractivity contribution is -0.116. The lowest BCUT2D eigenvalue weighted by Gasteiger charge is -2.21. The highest BCUT2D eigenvalue weighted by Gasteiger charge is 2.24. The Morgan fingerprint density at radius 2 is 2.00 bits per heavy atom. The Kier molecular flexibility index (Phi) is 7.60. The number of rotatable bonds is 9. The van der Waals surface area contributed by atoms with E-state index in [4.69, 9.17) is 10.5 Å². The molecule has 0 fully saturated rings. The fourth-order valence-corrected chi connectivity index (χ4v) is 3.11. The monoisotopic (exact) mass is 450 g/mol. The zero-order valence-corrected chi connectivity index (χ0v) is 17.9. The van der Waals surface area contributed by atoms with E-state index >= 15 is 0 Å². The summed E-state index contributed by atoms with van der Waals surface area (Å²) in [5.74, 6) is -0.427. The van der Waals surface area contributed by atoms with E-state index in [2.05, 4.69) is 20.6 Å². The highest BCUT2D eigenvalue weighted by Crippen LogP contribution is 2.25. The number of phenols is 1. The van der Waals surface area contributed by atoms with Crippen molar-refractivity contribution in [2.75, 3.05) is 23.0 Å². The standard InChI is InChI=1S/C23H23FN6O3/c1-2-33-22-18(13-25)20(29-23(26)30-22)28-19(11-14-6-8-17(31)9-7-14)21(32)27-16-5-3-4-15(10-16)12-24/h3-10,19,31H,2,11-12H2,1H3,(H,27,32)(H3,26,28,29,30)/t19-/m0/s1. The fourth-order valence-electron chi connectivity index (χ4n) is 3.11. The van der Waals surface area contributed by atoms with Crippen LogP contribution < -0.4 is 21.1 Å². The Morgan fingerprint density at radius 1 is 1.24 bits per heavy atom. The number of phenolic OH excluding ortho intramolecular Hbond substituents is 1. The number of carbonyl (C=O) groups excluding carboxylic acids is 1. The second kappa shape index (κ2) is 10.8. The van der Waals surface area contributed by atoms with E-state index in [9.17, 15) is 19.6 Å². The van der Waals surface area contributed by atoms with E-state index in [1.165, 1.54) is 18.2 Å². The van der Waals surface area contributed by atoms with Crippen molar-refractivity contribution in [3.05, 3.63) is 65.2 Å². The summed E-state index contributed by atoms with van der Waals surface area (Å²) >= 11 is 0. The highest BCUT2D eigenvalue weighted by molar-refractivity contribution is 5.97. The van der Waals surface area contributed by atoms with Gasteiger partial charge in [-0.25, -0.2) is 4.39 Å². The van der Waals surface area contributed by atoms with E-state index < -0.39 is 18.6 Å². The molecule has 10 heteroatoms. The van der Waals surface area contributed by atoms with Gasteiger partial charge in [-0.15, -0.1) is 0 Å². The quantitative estimate of drug-likeness (QED) is 0.389. The van der Waals surface area contributed by atoms with E-state index in [-0.39, 0.29) is 42.0 Å². The van der Waals surface area contributed by atoms with Crippen molar-refractivity contribution in [1.82, 2.24) is 9.97 Å². The summed E-state index contributed by atoms with van der Waals surface area (Å²) in [5.41, 5.74) is 7.37.